The number of carbonyl (C=O) groups is 1. The average Bonchev–Trinajstić information content (AvgIpc) is 2.61. The Morgan fingerprint density at radius 2 is 2.00 bits per heavy atom. The fraction of sp³-hybridized carbons (Fsp3) is 0.263. The molecule has 0 aromatic heterocycles. The number of ether oxygens (including phenoxy) is 2. The van der Waals surface area contributed by atoms with E-state index in [2.05, 4.69) is 5.32 Å². The van der Waals surface area contributed by atoms with Gasteiger partial charge in [-0.15, -0.1) is 0 Å². The molecule has 25 heavy (non-hydrogen) atoms. The number of nitrogens with zero attached hydrogens (tertiary/aromatic N) is 1. The highest BCUT2D eigenvalue weighted by atomic mass is 35.5. The van der Waals surface area contributed by atoms with Crippen LogP contribution in [0.25, 0.3) is 0 Å². The summed E-state index contributed by atoms with van der Waals surface area (Å²) in [7, 11) is 1.56. The molecule has 2 rings (SSSR count). The third-order valence-electron chi connectivity index (χ3n) is 3.49. The van der Waals surface area contributed by atoms with Gasteiger partial charge in [-0.1, -0.05) is 41.9 Å². The number of benzene rings is 2. The van der Waals surface area contributed by atoms with Gasteiger partial charge in [0, 0.05) is 6.54 Å². The lowest BCUT2D eigenvalue weighted by Crippen LogP contribution is -2.24. The maximum atomic E-state index is 11.3. The zero-order chi connectivity index (χ0) is 18.1. The highest BCUT2D eigenvalue weighted by molar-refractivity contribution is 6.32. The molecule has 6 heteroatoms. The topological polar surface area (TPSA) is 71.3 Å². The van der Waals surface area contributed by atoms with Crippen LogP contribution in [0.1, 0.15) is 17.5 Å². The van der Waals surface area contributed by atoms with Gasteiger partial charge in [-0.2, -0.15) is 5.26 Å². The lowest BCUT2D eigenvalue weighted by Gasteiger charge is -2.14. The summed E-state index contributed by atoms with van der Waals surface area (Å²) in [6.45, 7) is 0.810. The Kier molecular flexibility index (Phi) is 7.12. The van der Waals surface area contributed by atoms with Crippen molar-refractivity contribution in [2.75, 3.05) is 13.7 Å². The van der Waals surface area contributed by atoms with Gasteiger partial charge in [0.05, 0.1) is 18.2 Å². The van der Waals surface area contributed by atoms with E-state index in [1.165, 1.54) is 0 Å². The number of halogens is 1. The van der Waals surface area contributed by atoms with E-state index in [-0.39, 0.29) is 12.3 Å². The first-order chi connectivity index (χ1) is 12.1. The molecule has 0 unspecified atom stereocenters. The number of nitrogens with one attached hydrogen (secondary N) is 1. The predicted molar refractivity (Wildman–Crippen MR) is 95.7 cm³/mol. The molecule has 0 saturated carbocycles. The SMILES string of the molecule is COc1cc(CCNC(=O)CC#N)cc(Cl)c1OCc1ccccc1. The second-order valence-electron chi connectivity index (χ2n) is 5.32. The van der Waals surface area contributed by atoms with E-state index < -0.39 is 0 Å². The van der Waals surface area contributed by atoms with Crippen LogP contribution in [0.15, 0.2) is 42.5 Å². The van der Waals surface area contributed by atoms with Crippen molar-refractivity contribution >= 4 is 17.5 Å². The first kappa shape index (κ1) is 18.6. The van der Waals surface area contributed by atoms with Crippen molar-refractivity contribution in [2.24, 2.45) is 0 Å². The van der Waals surface area contributed by atoms with Gasteiger partial charge in [-0.25, -0.2) is 0 Å². The Hall–Kier alpha value is -2.71. The van der Waals surface area contributed by atoms with Crippen LogP contribution in [-0.2, 0) is 17.8 Å². The Morgan fingerprint density at radius 3 is 2.68 bits per heavy atom. The molecule has 0 aliphatic rings. The van der Waals surface area contributed by atoms with Crippen molar-refractivity contribution < 1.29 is 14.3 Å². The van der Waals surface area contributed by atoms with E-state index in [4.69, 9.17) is 26.3 Å². The van der Waals surface area contributed by atoms with Crippen LogP contribution >= 0.6 is 11.6 Å². The minimum atomic E-state index is -0.289. The van der Waals surface area contributed by atoms with Crippen molar-refractivity contribution in [3.63, 3.8) is 0 Å². The van der Waals surface area contributed by atoms with Crippen molar-refractivity contribution in [3.8, 4) is 17.6 Å². The first-order valence-corrected chi connectivity index (χ1v) is 8.18. The molecule has 5 nitrogen and oxygen atoms in total. The molecule has 1 amide bonds. The van der Waals surface area contributed by atoms with E-state index in [1.807, 2.05) is 42.5 Å². The molecule has 0 aliphatic carbocycles. The fourth-order valence-electron chi connectivity index (χ4n) is 2.27. The molecule has 1 N–H and O–H groups in total. The lowest BCUT2D eigenvalue weighted by atomic mass is 10.1. The Morgan fingerprint density at radius 1 is 1.24 bits per heavy atom. The molecule has 0 heterocycles. The van der Waals surface area contributed by atoms with E-state index >= 15 is 0 Å². The van der Waals surface area contributed by atoms with Gasteiger partial charge in [0.15, 0.2) is 11.5 Å². The number of methoxy groups -OCH3 is 1. The van der Waals surface area contributed by atoms with Gasteiger partial charge in [0.25, 0.3) is 0 Å². The summed E-state index contributed by atoms with van der Waals surface area (Å²) in [5, 5.41) is 11.6. The number of rotatable bonds is 8. The van der Waals surface area contributed by atoms with Crippen LogP contribution in [0.5, 0.6) is 11.5 Å². The molecule has 130 valence electrons. The van der Waals surface area contributed by atoms with Crippen LogP contribution in [-0.4, -0.2) is 19.6 Å². The summed E-state index contributed by atoms with van der Waals surface area (Å²) in [6.07, 6.45) is 0.433. The van der Waals surface area contributed by atoms with Gasteiger partial charge >= 0.3 is 0 Å². The molecule has 0 fully saturated rings. The summed E-state index contributed by atoms with van der Waals surface area (Å²) in [6, 6.07) is 15.2. The van der Waals surface area contributed by atoms with E-state index in [0.29, 0.717) is 36.1 Å². The number of hydrogen-bond donors (Lipinski definition) is 1. The lowest BCUT2D eigenvalue weighted by molar-refractivity contribution is -0.120. The van der Waals surface area contributed by atoms with E-state index in [1.54, 1.807) is 13.2 Å². The molecular formula is C19H19ClN2O3. The predicted octanol–water partition coefficient (Wildman–Crippen LogP) is 3.50. The van der Waals surface area contributed by atoms with Gasteiger partial charge in [-0.05, 0) is 29.7 Å². The maximum Gasteiger partial charge on any atom is 0.234 e. The van der Waals surface area contributed by atoms with Crippen LogP contribution in [0, 0.1) is 11.3 Å². The molecule has 0 radical (unpaired) electrons. The zero-order valence-electron chi connectivity index (χ0n) is 13.9. The molecule has 0 saturated heterocycles. The zero-order valence-corrected chi connectivity index (χ0v) is 14.7. The molecule has 2 aromatic rings. The molecule has 0 atom stereocenters. The Bertz CT molecular complexity index is 757. The summed E-state index contributed by atoms with van der Waals surface area (Å²) < 4.78 is 11.2. The summed E-state index contributed by atoms with van der Waals surface area (Å²) in [4.78, 5) is 11.3. The highest BCUT2D eigenvalue weighted by Gasteiger charge is 2.12. The molecule has 0 bridgehead atoms. The van der Waals surface area contributed by atoms with Gasteiger partial charge in [0.1, 0.15) is 13.0 Å². The van der Waals surface area contributed by atoms with Gasteiger partial charge in [-0.3, -0.25) is 4.79 Å². The van der Waals surface area contributed by atoms with Crippen LogP contribution in [0.3, 0.4) is 0 Å². The minimum absolute atomic E-state index is 0.143. The maximum absolute atomic E-state index is 11.3. The van der Waals surface area contributed by atoms with E-state index in [9.17, 15) is 4.79 Å². The minimum Gasteiger partial charge on any atom is -0.493 e. The third-order valence-corrected chi connectivity index (χ3v) is 3.77. The summed E-state index contributed by atoms with van der Waals surface area (Å²) in [5.74, 6) is 0.746. The summed E-state index contributed by atoms with van der Waals surface area (Å²) in [5.41, 5.74) is 1.94. The number of carbonyl (C=O) groups excluding carboxylic acids is 1. The molecular weight excluding hydrogens is 340 g/mol. The van der Waals surface area contributed by atoms with Crippen LogP contribution in [0.2, 0.25) is 5.02 Å². The van der Waals surface area contributed by atoms with Crippen molar-refractivity contribution in [2.45, 2.75) is 19.4 Å². The molecule has 0 aliphatic heterocycles. The Balaban J connectivity index is 2.02. The average molecular weight is 359 g/mol. The highest BCUT2D eigenvalue weighted by Crippen LogP contribution is 2.37. The van der Waals surface area contributed by atoms with Gasteiger partial charge in [0.2, 0.25) is 5.91 Å². The fourth-order valence-corrected chi connectivity index (χ4v) is 2.56. The van der Waals surface area contributed by atoms with Crippen LogP contribution < -0.4 is 14.8 Å². The first-order valence-electron chi connectivity index (χ1n) is 7.81. The molecule has 0 spiro atoms. The monoisotopic (exact) mass is 358 g/mol. The van der Waals surface area contributed by atoms with Crippen LogP contribution in [0.4, 0.5) is 0 Å². The third kappa shape index (κ3) is 5.70. The standard InChI is InChI=1S/C19H19ClN2O3/c1-24-17-12-15(8-10-22-18(23)7-9-21)11-16(20)19(17)25-13-14-5-3-2-4-6-14/h2-6,11-12H,7-8,10,13H2,1H3,(H,22,23). The van der Waals surface area contributed by atoms with Crippen molar-refractivity contribution in [3.05, 3.63) is 58.6 Å². The second-order valence-corrected chi connectivity index (χ2v) is 5.73. The largest absolute Gasteiger partial charge is 0.493 e. The Labute approximate surface area is 152 Å². The number of nitriles is 1. The second kappa shape index (κ2) is 9.55. The van der Waals surface area contributed by atoms with E-state index in [0.717, 1.165) is 11.1 Å². The number of hydrogen-bond acceptors (Lipinski definition) is 4. The van der Waals surface area contributed by atoms with Crippen molar-refractivity contribution in [1.82, 2.24) is 5.32 Å². The quantitative estimate of drug-likeness (QED) is 0.784. The van der Waals surface area contributed by atoms with Gasteiger partial charge < -0.3 is 14.8 Å². The number of amides is 1. The molecule has 2 aromatic carbocycles. The summed E-state index contributed by atoms with van der Waals surface area (Å²) >= 11 is 6.34. The normalized spacial score (nSPS) is 9.96. The smallest absolute Gasteiger partial charge is 0.234 e. The van der Waals surface area contributed by atoms with Crippen molar-refractivity contribution in [1.29, 1.82) is 5.26 Å².